The van der Waals surface area contributed by atoms with Crippen LogP contribution in [0.5, 0.6) is 5.75 Å². The fraction of sp³-hybridized carbons (Fsp3) is 0.321. The lowest BCUT2D eigenvalue weighted by Crippen LogP contribution is -2.46. The molecular weight excluding hydrogens is 526 g/mol. The van der Waals surface area contributed by atoms with Crippen LogP contribution < -0.4 is 19.6 Å². The third kappa shape index (κ3) is 5.00. The molecule has 0 aromatic heterocycles. The lowest BCUT2D eigenvalue weighted by Gasteiger charge is -2.46. The van der Waals surface area contributed by atoms with Gasteiger partial charge in [-0.05, 0) is 62.7 Å². The molecule has 1 atom stereocenters. The smallest absolute Gasteiger partial charge is 0.409 e. The highest BCUT2D eigenvalue weighted by atomic mass is 35.5. The zero-order chi connectivity index (χ0) is 26.7. The number of benzene rings is 3. The van der Waals surface area contributed by atoms with Gasteiger partial charge in [0.2, 0.25) is 0 Å². The number of ether oxygens (including phenoxy) is 1. The van der Waals surface area contributed by atoms with E-state index in [9.17, 15) is 4.79 Å². The van der Waals surface area contributed by atoms with Gasteiger partial charge in [-0.15, -0.1) is 0 Å². The van der Waals surface area contributed by atoms with Crippen LogP contribution >= 0.6 is 30.6 Å². The third-order valence-electron chi connectivity index (χ3n) is 6.68. The predicted octanol–water partition coefficient (Wildman–Crippen LogP) is 8.50. The van der Waals surface area contributed by atoms with E-state index >= 15 is 0 Å². The average Bonchev–Trinajstić information content (AvgIpc) is 2.88. The second-order valence-corrected chi connectivity index (χ2v) is 12.3. The molecule has 0 saturated carbocycles. The van der Waals surface area contributed by atoms with Crippen molar-refractivity contribution >= 4 is 59.0 Å². The largest absolute Gasteiger partial charge is 0.425 e. The standard InChI is InChI=1S/C28H33Cl2N4O2P/c1-6-32(7-2)21-15-17-27-26(19-21)36-28(35)34(22-14-16-23(29)24(30)18-22)37(27,33(8-3)9-4)31-25-13-11-10-12-20(25)5/h10-19H,6-9H2,1-5H3/t37-/m1/s1. The summed E-state index contributed by atoms with van der Waals surface area (Å²) in [4.78, 5) is 16.2. The molecule has 196 valence electrons. The summed E-state index contributed by atoms with van der Waals surface area (Å²) in [5, 5.41) is 1.67. The molecule has 0 aliphatic carbocycles. The summed E-state index contributed by atoms with van der Waals surface area (Å²) in [6.45, 7) is 13.5. The van der Waals surface area contributed by atoms with Crippen molar-refractivity contribution in [3.05, 3.63) is 76.3 Å². The van der Waals surface area contributed by atoms with E-state index in [0.29, 0.717) is 34.6 Å². The van der Waals surface area contributed by atoms with Crippen LogP contribution in [0.1, 0.15) is 33.3 Å². The topological polar surface area (TPSA) is 48.4 Å². The van der Waals surface area contributed by atoms with Crippen molar-refractivity contribution in [1.29, 1.82) is 0 Å². The van der Waals surface area contributed by atoms with Gasteiger partial charge in [0, 0.05) is 37.9 Å². The van der Waals surface area contributed by atoms with Gasteiger partial charge in [-0.1, -0.05) is 55.2 Å². The number of halogens is 2. The lowest BCUT2D eigenvalue weighted by molar-refractivity contribution is 0.210. The summed E-state index contributed by atoms with van der Waals surface area (Å²) >= 11 is 12.7. The minimum Gasteiger partial charge on any atom is -0.409 e. The predicted molar refractivity (Wildman–Crippen MR) is 158 cm³/mol. The van der Waals surface area contributed by atoms with Crippen molar-refractivity contribution in [2.75, 3.05) is 35.7 Å². The fourth-order valence-electron chi connectivity index (χ4n) is 4.74. The van der Waals surface area contributed by atoms with Crippen LogP contribution in [0.2, 0.25) is 10.0 Å². The monoisotopic (exact) mass is 558 g/mol. The molecule has 0 N–H and O–H groups in total. The maximum absolute atomic E-state index is 14.0. The number of nitrogens with zero attached hydrogens (tertiary/aromatic N) is 4. The van der Waals surface area contributed by atoms with Gasteiger partial charge in [-0.25, -0.2) is 18.9 Å². The third-order valence-corrected chi connectivity index (χ3v) is 11.2. The molecule has 0 bridgehead atoms. The number of aryl methyl sites for hydroxylation is 1. The van der Waals surface area contributed by atoms with Gasteiger partial charge in [0.1, 0.15) is 5.75 Å². The zero-order valence-corrected chi connectivity index (χ0v) is 24.3. The maximum atomic E-state index is 14.0. The van der Waals surface area contributed by atoms with E-state index in [1.807, 2.05) is 37.3 Å². The van der Waals surface area contributed by atoms with E-state index in [-0.39, 0.29) is 0 Å². The van der Waals surface area contributed by atoms with E-state index in [0.717, 1.165) is 35.3 Å². The first-order valence-electron chi connectivity index (χ1n) is 12.6. The van der Waals surface area contributed by atoms with Crippen molar-refractivity contribution in [2.45, 2.75) is 34.6 Å². The summed E-state index contributed by atoms with van der Waals surface area (Å²) in [5.74, 6) is 0.545. The van der Waals surface area contributed by atoms with Crippen LogP contribution in [0.25, 0.3) is 0 Å². The van der Waals surface area contributed by atoms with Gasteiger partial charge >= 0.3 is 6.09 Å². The molecule has 0 saturated heterocycles. The van der Waals surface area contributed by atoms with Gasteiger partial charge in [-0.2, -0.15) is 0 Å². The van der Waals surface area contributed by atoms with Crippen molar-refractivity contribution < 1.29 is 9.53 Å². The minimum absolute atomic E-state index is 0.364. The molecule has 0 unspecified atom stereocenters. The molecule has 3 aromatic carbocycles. The lowest BCUT2D eigenvalue weighted by atomic mass is 10.2. The van der Waals surface area contributed by atoms with Crippen LogP contribution in [-0.4, -0.2) is 36.9 Å². The Morgan fingerprint density at radius 2 is 1.59 bits per heavy atom. The van der Waals surface area contributed by atoms with Crippen LogP contribution in [0.15, 0.2) is 65.4 Å². The maximum Gasteiger partial charge on any atom is 0.425 e. The van der Waals surface area contributed by atoms with Crippen molar-refractivity contribution in [3.8, 4) is 5.75 Å². The molecule has 3 aromatic rings. The highest BCUT2D eigenvalue weighted by molar-refractivity contribution is 7.74. The number of fused-ring (bicyclic) bond motifs is 1. The molecule has 1 aliphatic rings. The number of carbonyl (C=O) groups is 1. The molecule has 1 aliphatic heterocycles. The first-order valence-corrected chi connectivity index (χ1v) is 15.0. The van der Waals surface area contributed by atoms with E-state index in [4.69, 9.17) is 32.7 Å². The number of anilines is 2. The molecule has 1 amide bonds. The van der Waals surface area contributed by atoms with E-state index < -0.39 is 13.4 Å². The molecule has 0 spiro atoms. The summed E-state index contributed by atoms with van der Waals surface area (Å²) < 4.78 is 15.5. The second kappa shape index (κ2) is 11.5. The molecule has 0 fully saturated rings. The van der Waals surface area contributed by atoms with Gasteiger partial charge in [-0.3, -0.25) is 0 Å². The number of carbonyl (C=O) groups excluding carboxylic acids is 1. The van der Waals surface area contributed by atoms with Crippen LogP contribution in [-0.2, 0) is 0 Å². The molecule has 4 rings (SSSR count). The average molecular weight is 559 g/mol. The van der Waals surface area contributed by atoms with Crippen LogP contribution in [0.4, 0.5) is 21.9 Å². The van der Waals surface area contributed by atoms with Gasteiger partial charge < -0.3 is 9.64 Å². The van der Waals surface area contributed by atoms with E-state index in [1.165, 1.54) is 0 Å². The van der Waals surface area contributed by atoms with Gasteiger partial charge in [0.05, 0.1) is 26.7 Å². The number of rotatable bonds is 8. The molecule has 37 heavy (non-hydrogen) atoms. The Kier molecular flexibility index (Phi) is 8.55. The number of hydrogen-bond donors (Lipinski definition) is 0. The summed E-state index contributed by atoms with van der Waals surface area (Å²) in [7, 11) is -2.93. The Balaban J connectivity index is 2.12. The Morgan fingerprint density at radius 1 is 0.892 bits per heavy atom. The molecule has 9 heteroatoms. The molecule has 0 radical (unpaired) electrons. The highest BCUT2D eigenvalue weighted by Crippen LogP contribution is 2.63. The van der Waals surface area contributed by atoms with Gasteiger partial charge in [0.25, 0.3) is 0 Å². The normalized spacial score (nSPS) is 17.0. The van der Waals surface area contributed by atoms with Crippen molar-refractivity contribution in [2.24, 2.45) is 4.74 Å². The first-order chi connectivity index (χ1) is 17.8. The molecule has 1 heterocycles. The van der Waals surface area contributed by atoms with Gasteiger partial charge in [0.15, 0.2) is 7.36 Å². The second-order valence-electron chi connectivity index (χ2n) is 8.70. The number of hydrogen-bond acceptors (Lipinski definition) is 4. The molecular formula is C28H33Cl2N4O2P. The molecule has 6 nitrogen and oxygen atoms in total. The summed E-state index contributed by atoms with van der Waals surface area (Å²) in [6, 6.07) is 19.4. The van der Waals surface area contributed by atoms with Crippen LogP contribution in [0, 0.1) is 6.92 Å². The Bertz CT molecular complexity index is 1360. The van der Waals surface area contributed by atoms with E-state index in [2.05, 4.69) is 49.4 Å². The zero-order valence-electron chi connectivity index (χ0n) is 21.9. The Labute approximate surface area is 229 Å². The highest BCUT2D eigenvalue weighted by Gasteiger charge is 2.46. The SMILES string of the molecule is CCN(CC)c1ccc2c(c1)OC(=O)N(c1ccc(Cl)c(Cl)c1)[P@]2(=Nc1ccccc1C)N(CC)CC. The number of amides is 1. The summed E-state index contributed by atoms with van der Waals surface area (Å²) in [5.41, 5.74) is 3.47. The fourth-order valence-corrected chi connectivity index (χ4v) is 8.84. The van der Waals surface area contributed by atoms with E-state index in [1.54, 1.807) is 22.9 Å². The summed E-state index contributed by atoms with van der Waals surface area (Å²) in [6.07, 6.45) is -0.486. The Hall–Kier alpha value is -2.50. The van der Waals surface area contributed by atoms with Crippen molar-refractivity contribution in [3.63, 3.8) is 0 Å². The minimum atomic E-state index is -2.93. The van der Waals surface area contributed by atoms with Crippen LogP contribution in [0.3, 0.4) is 0 Å². The Morgan fingerprint density at radius 3 is 2.22 bits per heavy atom. The quantitative estimate of drug-likeness (QED) is 0.260. The first kappa shape index (κ1) is 27.5. The van der Waals surface area contributed by atoms with Crippen molar-refractivity contribution in [1.82, 2.24) is 4.67 Å².